The lowest BCUT2D eigenvalue weighted by Gasteiger charge is -2.27. The summed E-state index contributed by atoms with van der Waals surface area (Å²) in [5, 5.41) is 5.51. The number of likely N-dealkylation sites (tertiary alicyclic amines) is 1. The minimum absolute atomic E-state index is 0.0317. The van der Waals surface area contributed by atoms with Gasteiger partial charge in [0.25, 0.3) is 5.91 Å². The molecule has 0 bridgehead atoms. The SMILES string of the molecule is O=C(NC(Cc1ccc(Cl)cc1)C(=O)N1CCC2OCC(=O)C21)c1ccc(-c2cccs2)cc1. The number of nitrogens with zero attached hydrogens (tertiary/aromatic N) is 1. The molecule has 2 saturated heterocycles. The van der Waals surface area contributed by atoms with Crippen LogP contribution in [0.2, 0.25) is 5.02 Å². The molecule has 2 fully saturated rings. The fraction of sp³-hybridized carbons (Fsp3) is 0.269. The van der Waals surface area contributed by atoms with E-state index < -0.39 is 12.1 Å². The zero-order valence-corrected chi connectivity index (χ0v) is 19.9. The molecule has 0 aliphatic carbocycles. The zero-order valence-electron chi connectivity index (χ0n) is 18.3. The van der Waals surface area contributed by atoms with Gasteiger partial charge in [0.15, 0.2) is 5.78 Å². The second-order valence-corrected chi connectivity index (χ2v) is 9.88. The van der Waals surface area contributed by atoms with Crippen molar-refractivity contribution in [3.8, 4) is 10.4 Å². The Balaban J connectivity index is 1.36. The molecule has 2 aliphatic rings. The molecular weight excluding hydrogens is 472 g/mol. The topological polar surface area (TPSA) is 75.7 Å². The predicted octanol–water partition coefficient (Wildman–Crippen LogP) is 3.98. The van der Waals surface area contributed by atoms with E-state index in [1.54, 1.807) is 40.5 Å². The summed E-state index contributed by atoms with van der Waals surface area (Å²) in [6.45, 7) is 0.465. The van der Waals surface area contributed by atoms with Gasteiger partial charge in [0.05, 0.1) is 6.10 Å². The van der Waals surface area contributed by atoms with E-state index in [1.165, 1.54) is 0 Å². The molecule has 3 atom stereocenters. The van der Waals surface area contributed by atoms with Crippen LogP contribution < -0.4 is 5.32 Å². The maximum atomic E-state index is 13.6. The van der Waals surface area contributed by atoms with E-state index >= 15 is 0 Å². The van der Waals surface area contributed by atoms with Crippen molar-refractivity contribution >= 4 is 40.5 Å². The Bertz CT molecular complexity index is 1190. The summed E-state index contributed by atoms with van der Waals surface area (Å²) >= 11 is 7.64. The van der Waals surface area contributed by atoms with E-state index in [9.17, 15) is 14.4 Å². The Morgan fingerprint density at radius 1 is 1.12 bits per heavy atom. The summed E-state index contributed by atoms with van der Waals surface area (Å²) in [4.78, 5) is 41.7. The van der Waals surface area contributed by atoms with Crippen LogP contribution >= 0.6 is 22.9 Å². The molecule has 0 spiro atoms. The Labute approximate surface area is 206 Å². The molecule has 2 aliphatic heterocycles. The average molecular weight is 495 g/mol. The lowest BCUT2D eigenvalue weighted by atomic mass is 10.0. The first-order valence-corrected chi connectivity index (χ1v) is 12.4. The van der Waals surface area contributed by atoms with Gasteiger partial charge < -0.3 is 15.0 Å². The normalized spacial score (nSPS) is 20.3. The van der Waals surface area contributed by atoms with Crippen LogP contribution in [0.1, 0.15) is 22.3 Å². The monoisotopic (exact) mass is 494 g/mol. The fourth-order valence-electron chi connectivity index (χ4n) is 4.57. The van der Waals surface area contributed by atoms with Crippen molar-refractivity contribution < 1.29 is 19.1 Å². The quantitative estimate of drug-likeness (QED) is 0.562. The number of hydrogen-bond donors (Lipinski definition) is 1. The second-order valence-electron chi connectivity index (χ2n) is 8.49. The zero-order chi connectivity index (χ0) is 23.7. The van der Waals surface area contributed by atoms with Gasteiger partial charge in [-0.25, -0.2) is 0 Å². The van der Waals surface area contributed by atoms with Crippen LogP contribution in [0.25, 0.3) is 10.4 Å². The number of rotatable bonds is 6. The number of benzene rings is 2. The van der Waals surface area contributed by atoms with Crippen LogP contribution in [-0.2, 0) is 20.7 Å². The van der Waals surface area contributed by atoms with Gasteiger partial charge >= 0.3 is 0 Å². The molecule has 2 amide bonds. The number of nitrogens with one attached hydrogen (secondary N) is 1. The summed E-state index contributed by atoms with van der Waals surface area (Å²) < 4.78 is 5.53. The molecule has 3 aromatic rings. The van der Waals surface area contributed by atoms with E-state index in [1.807, 2.05) is 41.8 Å². The second kappa shape index (κ2) is 9.70. The summed E-state index contributed by atoms with van der Waals surface area (Å²) in [6, 6.07) is 17.1. The fourth-order valence-corrected chi connectivity index (χ4v) is 5.43. The minimum atomic E-state index is -0.821. The summed E-state index contributed by atoms with van der Waals surface area (Å²) in [5.41, 5.74) is 2.36. The number of carbonyl (C=O) groups excluding carboxylic acids is 3. The summed E-state index contributed by atoms with van der Waals surface area (Å²) in [5.74, 6) is -0.698. The number of ether oxygens (including phenoxy) is 1. The first-order valence-electron chi connectivity index (χ1n) is 11.1. The van der Waals surface area contributed by atoms with Crippen molar-refractivity contribution in [3.05, 3.63) is 82.2 Å². The van der Waals surface area contributed by atoms with Gasteiger partial charge in [-0.2, -0.15) is 0 Å². The smallest absolute Gasteiger partial charge is 0.251 e. The molecule has 0 saturated carbocycles. The van der Waals surface area contributed by atoms with Gasteiger partial charge in [-0.1, -0.05) is 41.9 Å². The first kappa shape index (κ1) is 22.8. The van der Waals surface area contributed by atoms with Crippen molar-refractivity contribution in [1.29, 1.82) is 0 Å². The van der Waals surface area contributed by atoms with Crippen LogP contribution in [0.4, 0.5) is 0 Å². The van der Waals surface area contributed by atoms with Crippen LogP contribution in [-0.4, -0.2) is 53.8 Å². The summed E-state index contributed by atoms with van der Waals surface area (Å²) in [6.07, 6.45) is 0.652. The van der Waals surface area contributed by atoms with E-state index in [-0.39, 0.29) is 36.7 Å². The molecule has 3 heterocycles. The lowest BCUT2D eigenvalue weighted by Crippen LogP contribution is -2.53. The Kier molecular flexibility index (Phi) is 6.50. The van der Waals surface area contributed by atoms with E-state index in [0.717, 1.165) is 16.0 Å². The van der Waals surface area contributed by atoms with Crippen molar-refractivity contribution in [2.24, 2.45) is 0 Å². The van der Waals surface area contributed by atoms with Crippen LogP contribution in [0.5, 0.6) is 0 Å². The maximum absolute atomic E-state index is 13.6. The van der Waals surface area contributed by atoms with Gasteiger partial charge in [0.2, 0.25) is 5.91 Å². The molecular formula is C26H23ClN2O4S. The number of thiophene rings is 1. The van der Waals surface area contributed by atoms with Crippen molar-refractivity contribution in [2.75, 3.05) is 13.2 Å². The highest BCUT2D eigenvalue weighted by Gasteiger charge is 2.48. The molecule has 6 nitrogen and oxygen atoms in total. The molecule has 5 rings (SSSR count). The number of fused-ring (bicyclic) bond motifs is 1. The van der Waals surface area contributed by atoms with Crippen molar-refractivity contribution in [3.63, 3.8) is 0 Å². The third kappa shape index (κ3) is 4.64. The van der Waals surface area contributed by atoms with E-state index in [2.05, 4.69) is 5.32 Å². The highest BCUT2D eigenvalue weighted by atomic mass is 35.5. The molecule has 34 heavy (non-hydrogen) atoms. The highest BCUT2D eigenvalue weighted by Crippen LogP contribution is 2.28. The van der Waals surface area contributed by atoms with Crippen molar-refractivity contribution in [2.45, 2.75) is 31.0 Å². The van der Waals surface area contributed by atoms with E-state index in [4.69, 9.17) is 16.3 Å². The summed E-state index contributed by atoms with van der Waals surface area (Å²) in [7, 11) is 0. The third-order valence-corrected chi connectivity index (χ3v) is 7.48. The van der Waals surface area contributed by atoms with Gasteiger partial charge in [0, 0.05) is 28.4 Å². The number of Topliss-reactive ketones (excluding diaryl/α,β-unsaturated/α-hetero) is 1. The highest BCUT2D eigenvalue weighted by molar-refractivity contribution is 7.13. The Morgan fingerprint density at radius 3 is 2.59 bits per heavy atom. The van der Waals surface area contributed by atoms with Crippen LogP contribution in [0.15, 0.2) is 66.0 Å². The van der Waals surface area contributed by atoms with Gasteiger partial charge in [-0.05, 0) is 53.3 Å². The van der Waals surface area contributed by atoms with Gasteiger partial charge in [0.1, 0.15) is 18.7 Å². The molecule has 0 radical (unpaired) electrons. The van der Waals surface area contributed by atoms with Crippen LogP contribution in [0.3, 0.4) is 0 Å². The van der Waals surface area contributed by atoms with E-state index in [0.29, 0.717) is 23.6 Å². The Morgan fingerprint density at radius 2 is 1.88 bits per heavy atom. The van der Waals surface area contributed by atoms with Crippen LogP contribution in [0, 0.1) is 0 Å². The molecule has 3 unspecified atom stereocenters. The standard InChI is InChI=1S/C26H23ClN2O4S/c27-19-9-3-16(4-10-19)14-20(26(32)29-12-11-22-24(29)21(30)15-33-22)28-25(31)18-7-5-17(6-8-18)23-2-1-13-34-23/h1-10,13,20,22,24H,11-12,14-15H2,(H,28,31). The van der Waals surface area contributed by atoms with Gasteiger partial charge in [-0.3, -0.25) is 14.4 Å². The predicted molar refractivity (Wildman–Crippen MR) is 131 cm³/mol. The molecule has 174 valence electrons. The molecule has 1 N–H and O–H groups in total. The molecule has 2 aromatic carbocycles. The minimum Gasteiger partial charge on any atom is -0.368 e. The average Bonchev–Trinajstić information content (AvgIpc) is 3.60. The third-order valence-electron chi connectivity index (χ3n) is 6.30. The number of amides is 2. The number of hydrogen-bond acceptors (Lipinski definition) is 5. The number of carbonyl (C=O) groups is 3. The molecule has 1 aromatic heterocycles. The number of halogens is 1. The van der Waals surface area contributed by atoms with Gasteiger partial charge in [-0.15, -0.1) is 11.3 Å². The number of ketones is 1. The Hall–Kier alpha value is -3.00. The largest absolute Gasteiger partial charge is 0.368 e. The first-order chi connectivity index (χ1) is 16.5. The van der Waals surface area contributed by atoms with Crippen molar-refractivity contribution in [1.82, 2.24) is 10.2 Å². The maximum Gasteiger partial charge on any atom is 0.251 e. The lowest BCUT2D eigenvalue weighted by molar-refractivity contribution is -0.138. The molecule has 8 heteroatoms.